The lowest BCUT2D eigenvalue weighted by atomic mass is 10.3. The quantitative estimate of drug-likeness (QED) is 0.742. The fourth-order valence-electron chi connectivity index (χ4n) is 3.17. The lowest BCUT2D eigenvalue weighted by Crippen LogP contribution is -2.16. The summed E-state index contributed by atoms with van der Waals surface area (Å²) >= 11 is 0. The third-order valence-corrected chi connectivity index (χ3v) is 4.56. The van der Waals surface area contributed by atoms with E-state index < -0.39 is 0 Å². The Morgan fingerprint density at radius 1 is 1.11 bits per heavy atom. The average molecular weight is 366 g/mol. The minimum Gasteiger partial charge on any atom is -0.474 e. The lowest BCUT2D eigenvalue weighted by molar-refractivity contribution is 0.102. The van der Waals surface area contributed by atoms with Crippen LogP contribution in [0.15, 0.2) is 55.1 Å². The van der Waals surface area contributed by atoms with Gasteiger partial charge in [-0.25, -0.2) is 14.4 Å². The van der Waals surface area contributed by atoms with Crippen molar-refractivity contribution in [3.63, 3.8) is 0 Å². The number of rotatable bonds is 5. The largest absolute Gasteiger partial charge is 0.474 e. The summed E-state index contributed by atoms with van der Waals surface area (Å²) in [5, 5.41) is 2.79. The van der Waals surface area contributed by atoms with E-state index in [1.54, 1.807) is 35.0 Å². The van der Waals surface area contributed by atoms with Gasteiger partial charge in [0.25, 0.3) is 5.91 Å². The Kier molecular flexibility index (Phi) is 4.82. The molecule has 3 aromatic rings. The number of carbonyl (C=O) groups excluding carboxylic acids is 1. The highest BCUT2D eigenvalue weighted by molar-refractivity contribution is 6.03. The van der Waals surface area contributed by atoms with Gasteiger partial charge in [-0.05, 0) is 56.0 Å². The van der Waals surface area contributed by atoms with Gasteiger partial charge < -0.3 is 10.1 Å². The first-order valence-corrected chi connectivity index (χ1v) is 8.91. The molecule has 0 radical (unpaired) electrons. The van der Waals surface area contributed by atoms with E-state index in [0.29, 0.717) is 22.9 Å². The third-order valence-electron chi connectivity index (χ3n) is 4.56. The summed E-state index contributed by atoms with van der Waals surface area (Å²) in [4.78, 5) is 20.9. The highest BCUT2D eigenvalue weighted by Crippen LogP contribution is 2.23. The molecule has 138 valence electrons. The molecule has 7 heteroatoms. The molecule has 4 rings (SSSR count). The average Bonchev–Trinajstić information content (AvgIpc) is 3.36. The minimum atomic E-state index is -0.337. The van der Waals surface area contributed by atoms with Crippen LogP contribution in [0.25, 0.3) is 5.69 Å². The van der Waals surface area contributed by atoms with Crippen molar-refractivity contribution in [2.45, 2.75) is 31.8 Å². The highest BCUT2D eigenvalue weighted by atomic mass is 19.1. The number of nitrogens with one attached hydrogen (secondary N) is 1. The lowest BCUT2D eigenvalue weighted by Gasteiger charge is -2.12. The predicted octanol–water partition coefficient (Wildman–Crippen LogP) is 3.98. The number of amides is 1. The van der Waals surface area contributed by atoms with Crippen molar-refractivity contribution in [3.8, 4) is 11.6 Å². The maximum absolute atomic E-state index is 13.1. The van der Waals surface area contributed by atoms with Crippen molar-refractivity contribution < 1.29 is 13.9 Å². The Balaban J connectivity index is 1.45. The van der Waals surface area contributed by atoms with Gasteiger partial charge in [0.1, 0.15) is 17.6 Å². The van der Waals surface area contributed by atoms with Gasteiger partial charge in [0.05, 0.1) is 24.4 Å². The first-order chi connectivity index (χ1) is 13.2. The summed E-state index contributed by atoms with van der Waals surface area (Å²) in [5.41, 5.74) is 1.55. The number of carbonyl (C=O) groups is 1. The van der Waals surface area contributed by atoms with Crippen molar-refractivity contribution in [1.29, 1.82) is 0 Å². The number of hydrogen-bond acceptors (Lipinski definition) is 4. The summed E-state index contributed by atoms with van der Waals surface area (Å²) in [6, 6.07) is 9.36. The minimum absolute atomic E-state index is 0.239. The van der Waals surface area contributed by atoms with E-state index in [4.69, 9.17) is 4.74 Å². The molecule has 0 bridgehead atoms. The normalized spacial score (nSPS) is 14.3. The summed E-state index contributed by atoms with van der Waals surface area (Å²) < 4.78 is 20.5. The summed E-state index contributed by atoms with van der Waals surface area (Å²) in [7, 11) is 0. The highest BCUT2D eigenvalue weighted by Gasteiger charge is 2.17. The molecule has 0 aliphatic heterocycles. The van der Waals surface area contributed by atoms with Crippen LogP contribution in [0.4, 0.5) is 10.1 Å². The van der Waals surface area contributed by atoms with Crippen LogP contribution < -0.4 is 10.1 Å². The van der Waals surface area contributed by atoms with Crippen LogP contribution in [-0.4, -0.2) is 26.5 Å². The molecule has 1 aliphatic rings. The second kappa shape index (κ2) is 7.57. The Hall–Kier alpha value is -3.22. The summed E-state index contributed by atoms with van der Waals surface area (Å²) in [6.45, 7) is 0. The second-order valence-electron chi connectivity index (χ2n) is 6.49. The number of aromatic nitrogens is 3. The molecule has 0 saturated heterocycles. The number of pyridine rings is 1. The zero-order valence-electron chi connectivity index (χ0n) is 14.6. The van der Waals surface area contributed by atoms with E-state index in [9.17, 15) is 9.18 Å². The molecule has 1 aliphatic carbocycles. The monoisotopic (exact) mass is 366 g/mol. The Labute approximate surface area is 156 Å². The van der Waals surface area contributed by atoms with E-state index in [1.807, 2.05) is 0 Å². The summed E-state index contributed by atoms with van der Waals surface area (Å²) in [5.74, 6) is -0.102. The van der Waals surface area contributed by atoms with Gasteiger partial charge in [0.2, 0.25) is 5.88 Å². The molecule has 1 aromatic carbocycles. The van der Waals surface area contributed by atoms with Gasteiger partial charge in [0, 0.05) is 11.8 Å². The maximum atomic E-state index is 13.1. The van der Waals surface area contributed by atoms with E-state index in [1.165, 1.54) is 37.5 Å². The number of anilines is 1. The fourth-order valence-corrected chi connectivity index (χ4v) is 3.17. The smallest absolute Gasteiger partial charge is 0.274 e. The van der Waals surface area contributed by atoms with Crippen LogP contribution >= 0.6 is 0 Å². The molecule has 2 aromatic heterocycles. The van der Waals surface area contributed by atoms with Gasteiger partial charge in [-0.1, -0.05) is 0 Å². The van der Waals surface area contributed by atoms with Gasteiger partial charge in [-0.2, -0.15) is 0 Å². The van der Waals surface area contributed by atoms with Crippen molar-refractivity contribution in [1.82, 2.24) is 14.5 Å². The maximum Gasteiger partial charge on any atom is 0.274 e. The van der Waals surface area contributed by atoms with Crippen molar-refractivity contribution in [3.05, 3.63) is 66.6 Å². The molecule has 0 unspecified atom stereocenters. The van der Waals surface area contributed by atoms with Crippen molar-refractivity contribution in [2.75, 3.05) is 5.32 Å². The molecule has 1 amide bonds. The molecule has 0 atom stereocenters. The Morgan fingerprint density at radius 2 is 1.89 bits per heavy atom. The SMILES string of the molecule is O=C(Nc1ccc(OC2CCCC2)nc1)c1cncn1-c1ccc(F)cc1. The van der Waals surface area contributed by atoms with Gasteiger partial charge >= 0.3 is 0 Å². The van der Waals surface area contributed by atoms with Crippen LogP contribution in [0.5, 0.6) is 5.88 Å². The molecule has 6 nitrogen and oxygen atoms in total. The number of nitrogens with zero attached hydrogens (tertiary/aromatic N) is 3. The number of hydrogen-bond donors (Lipinski definition) is 1. The van der Waals surface area contributed by atoms with E-state index >= 15 is 0 Å². The number of halogens is 1. The van der Waals surface area contributed by atoms with Crippen molar-refractivity contribution >= 4 is 11.6 Å². The molecule has 1 fully saturated rings. The molecule has 1 saturated carbocycles. The molecule has 27 heavy (non-hydrogen) atoms. The van der Waals surface area contributed by atoms with E-state index in [2.05, 4.69) is 15.3 Å². The molecular weight excluding hydrogens is 347 g/mol. The molecule has 1 N–H and O–H groups in total. The molecule has 0 spiro atoms. The predicted molar refractivity (Wildman–Crippen MR) is 98.6 cm³/mol. The van der Waals surface area contributed by atoms with E-state index in [0.717, 1.165) is 12.8 Å². The van der Waals surface area contributed by atoms with Crippen LogP contribution in [0.3, 0.4) is 0 Å². The molecular formula is C20H19FN4O2. The number of benzene rings is 1. The zero-order chi connectivity index (χ0) is 18.6. The van der Waals surface area contributed by atoms with Gasteiger partial charge in [-0.3, -0.25) is 9.36 Å². The summed E-state index contributed by atoms with van der Waals surface area (Å²) in [6.07, 6.45) is 9.30. The fraction of sp³-hybridized carbons (Fsp3) is 0.250. The first kappa shape index (κ1) is 17.2. The second-order valence-corrected chi connectivity index (χ2v) is 6.49. The third kappa shape index (κ3) is 3.97. The standard InChI is InChI=1S/C20H19FN4O2/c21-14-5-8-16(9-6-14)25-13-22-12-18(25)20(26)24-15-7-10-19(23-11-15)27-17-3-1-2-4-17/h5-13,17H,1-4H2,(H,24,26). The van der Waals surface area contributed by atoms with Crippen LogP contribution in [0.2, 0.25) is 0 Å². The number of ether oxygens (including phenoxy) is 1. The van der Waals surface area contributed by atoms with Crippen molar-refractivity contribution in [2.24, 2.45) is 0 Å². The van der Waals surface area contributed by atoms with Gasteiger partial charge in [0.15, 0.2) is 0 Å². The first-order valence-electron chi connectivity index (χ1n) is 8.91. The Bertz CT molecular complexity index is 916. The van der Waals surface area contributed by atoms with Crippen LogP contribution in [0.1, 0.15) is 36.2 Å². The van der Waals surface area contributed by atoms with Crippen LogP contribution in [0, 0.1) is 5.82 Å². The zero-order valence-corrected chi connectivity index (χ0v) is 14.6. The van der Waals surface area contributed by atoms with E-state index in [-0.39, 0.29) is 17.8 Å². The van der Waals surface area contributed by atoms with Crippen LogP contribution in [-0.2, 0) is 0 Å². The van der Waals surface area contributed by atoms with Gasteiger partial charge in [-0.15, -0.1) is 0 Å². The topological polar surface area (TPSA) is 69.0 Å². The Morgan fingerprint density at radius 3 is 2.59 bits per heavy atom. The number of imidazole rings is 1. The molecule has 2 heterocycles.